The fraction of sp³-hybridized carbons (Fsp3) is 0.524. The Morgan fingerprint density at radius 2 is 1.70 bits per heavy atom. The summed E-state index contributed by atoms with van der Waals surface area (Å²) in [6.07, 6.45) is 4.35. The average Bonchev–Trinajstić information content (AvgIpc) is 3.27. The highest BCUT2D eigenvalue weighted by molar-refractivity contribution is 7.89. The molecule has 0 bridgehead atoms. The number of hydrogen-bond acceptors (Lipinski definition) is 3. The zero-order valence-electron chi connectivity index (χ0n) is 16.8. The Kier molecular flexibility index (Phi) is 5.79. The van der Waals surface area contributed by atoms with E-state index in [4.69, 9.17) is 0 Å². The lowest BCUT2D eigenvalue weighted by atomic mass is 9.87. The van der Waals surface area contributed by atoms with Crippen molar-refractivity contribution < 1.29 is 8.42 Å². The Balaban J connectivity index is 1.76. The van der Waals surface area contributed by atoms with Crippen molar-refractivity contribution in [3.63, 3.8) is 0 Å². The number of rotatable bonds is 6. The van der Waals surface area contributed by atoms with Gasteiger partial charge in [-0.1, -0.05) is 32.9 Å². The van der Waals surface area contributed by atoms with Crippen LogP contribution in [0.25, 0.3) is 0 Å². The number of sulfonamides is 1. The lowest BCUT2D eigenvalue weighted by Crippen LogP contribution is -2.37. The van der Waals surface area contributed by atoms with Gasteiger partial charge in [-0.25, -0.2) is 13.1 Å². The van der Waals surface area contributed by atoms with Gasteiger partial charge in [0.05, 0.1) is 10.9 Å². The van der Waals surface area contributed by atoms with Crippen LogP contribution in [0.2, 0.25) is 0 Å². The van der Waals surface area contributed by atoms with Crippen LogP contribution >= 0.6 is 0 Å². The zero-order valence-corrected chi connectivity index (χ0v) is 17.6. The molecule has 3 rings (SSSR count). The lowest BCUT2D eigenvalue weighted by Gasteiger charge is -2.28. The standard InChI is InChI=1S/C21H31N3O2S/c1-21(2,3)17-9-11-18(12-10-17)27(25,26)22-16-20(24-14-5-6-15-24)19-8-7-13-23(19)4/h7-13,20,22H,5-6,14-16H2,1-4H3/t20-/m0/s1. The third-order valence-electron chi connectivity index (χ3n) is 5.40. The number of nitrogens with one attached hydrogen (secondary N) is 1. The quantitative estimate of drug-likeness (QED) is 0.823. The maximum atomic E-state index is 12.8. The molecule has 1 fully saturated rings. The first-order valence-electron chi connectivity index (χ1n) is 9.64. The highest BCUT2D eigenvalue weighted by Gasteiger charge is 2.27. The van der Waals surface area contributed by atoms with E-state index in [-0.39, 0.29) is 11.5 Å². The normalized spacial score (nSPS) is 17.3. The number of nitrogens with zero attached hydrogens (tertiary/aromatic N) is 2. The second-order valence-electron chi connectivity index (χ2n) is 8.43. The number of hydrogen-bond donors (Lipinski definition) is 1. The molecule has 1 saturated heterocycles. The largest absolute Gasteiger partial charge is 0.353 e. The Labute approximate surface area is 163 Å². The molecule has 1 atom stereocenters. The molecule has 2 aromatic rings. The predicted octanol–water partition coefficient (Wildman–Crippen LogP) is 3.44. The van der Waals surface area contributed by atoms with Gasteiger partial charge >= 0.3 is 0 Å². The van der Waals surface area contributed by atoms with Gasteiger partial charge in [0.2, 0.25) is 10.0 Å². The van der Waals surface area contributed by atoms with Crippen LogP contribution in [0, 0.1) is 0 Å². The fourth-order valence-corrected chi connectivity index (χ4v) is 4.74. The monoisotopic (exact) mass is 389 g/mol. The number of aryl methyl sites for hydroxylation is 1. The van der Waals surface area contributed by atoms with Crippen LogP contribution in [0.15, 0.2) is 47.5 Å². The molecule has 148 valence electrons. The Hall–Kier alpha value is -1.63. The summed E-state index contributed by atoms with van der Waals surface area (Å²) in [5.41, 5.74) is 2.27. The molecule has 0 unspecified atom stereocenters. The minimum atomic E-state index is -3.54. The Morgan fingerprint density at radius 1 is 1.07 bits per heavy atom. The second-order valence-corrected chi connectivity index (χ2v) is 10.2. The maximum absolute atomic E-state index is 12.8. The second kappa shape index (κ2) is 7.78. The molecule has 27 heavy (non-hydrogen) atoms. The van der Waals surface area contributed by atoms with Gasteiger partial charge in [-0.2, -0.15) is 0 Å². The van der Waals surface area contributed by atoms with Crippen LogP contribution in [-0.4, -0.2) is 37.5 Å². The third-order valence-corrected chi connectivity index (χ3v) is 6.84. The van der Waals surface area contributed by atoms with Crippen LogP contribution < -0.4 is 4.72 Å². The summed E-state index contributed by atoms with van der Waals surface area (Å²) < 4.78 is 30.6. The number of likely N-dealkylation sites (tertiary alicyclic amines) is 1. The highest BCUT2D eigenvalue weighted by Crippen LogP contribution is 2.26. The molecule has 1 aliphatic rings. The summed E-state index contributed by atoms with van der Waals surface area (Å²) >= 11 is 0. The molecule has 0 spiro atoms. The number of benzene rings is 1. The van der Waals surface area contributed by atoms with Crippen LogP contribution in [-0.2, 0) is 22.5 Å². The van der Waals surface area contributed by atoms with E-state index in [9.17, 15) is 8.42 Å². The van der Waals surface area contributed by atoms with Gasteiger partial charge in [0.15, 0.2) is 0 Å². The fourth-order valence-electron chi connectivity index (χ4n) is 3.70. The van der Waals surface area contributed by atoms with Gasteiger partial charge in [0, 0.05) is 25.5 Å². The van der Waals surface area contributed by atoms with Crippen LogP contribution in [0.1, 0.15) is 50.9 Å². The zero-order chi connectivity index (χ0) is 19.7. The summed E-state index contributed by atoms with van der Waals surface area (Å²) in [6.45, 7) is 8.76. The molecule has 0 amide bonds. The molecule has 0 saturated carbocycles. The number of aromatic nitrogens is 1. The van der Waals surface area contributed by atoms with Crippen molar-refractivity contribution in [3.8, 4) is 0 Å². The minimum Gasteiger partial charge on any atom is -0.353 e. The molecule has 1 N–H and O–H groups in total. The topological polar surface area (TPSA) is 54.3 Å². The van der Waals surface area contributed by atoms with Gasteiger partial charge in [0.1, 0.15) is 0 Å². The molecule has 1 aromatic carbocycles. The minimum absolute atomic E-state index is 0.00308. The molecular weight excluding hydrogens is 358 g/mol. The van der Waals surface area contributed by atoms with E-state index in [1.165, 1.54) is 12.8 Å². The predicted molar refractivity (Wildman–Crippen MR) is 109 cm³/mol. The van der Waals surface area contributed by atoms with Crippen molar-refractivity contribution in [2.24, 2.45) is 7.05 Å². The van der Waals surface area contributed by atoms with E-state index in [0.717, 1.165) is 24.3 Å². The van der Waals surface area contributed by atoms with Crippen LogP contribution in [0.4, 0.5) is 0 Å². The van der Waals surface area contributed by atoms with Crippen molar-refractivity contribution in [3.05, 3.63) is 53.9 Å². The molecule has 0 aliphatic carbocycles. The summed E-state index contributed by atoms with van der Waals surface area (Å²) in [7, 11) is -1.52. The summed E-state index contributed by atoms with van der Waals surface area (Å²) in [5.74, 6) is 0. The maximum Gasteiger partial charge on any atom is 0.240 e. The Morgan fingerprint density at radius 3 is 2.22 bits per heavy atom. The van der Waals surface area contributed by atoms with E-state index >= 15 is 0 Å². The average molecular weight is 390 g/mol. The van der Waals surface area contributed by atoms with Crippen LogP contribution in [0.5, 0.6) is 0 Å². The van der Waals surface area contributed by atoms with Gasteiger partial charge < -0.3 is 4.57 Å². The van der Waals surface area contributed by atoms with Gasteiger partial charge in [-0.05, 0) is 61.2 Å². The van der Waals surface area contributed by atoms with Crippen molar-refractivity contribution >= 4 is 10.0 Å². The lowest BCUT2D eigenvalue weighted by molar-refractivity contribution is 0.238. The molecule has 2 heterocycles. The smallest absolute Gasteiger partial charge is 0.240 e. The summed E-state index contributed by atoms with van der Waals surface area (Å²) in [6, 6.07) is 11.4. The molecule has 5 nitrogen and oxygen atoms in total. The first-order chi connectivity index (χ1) is 12.7. The van der Waals surface area contributed by atoms with Crippen molar-refractivity contribution in [1.29, 1.82) is 0 Å². The molecule has 1 aliphatic heterocycles. The molecule has 1 aromatic heterocycles. The van der Waals surface area contributed by atoms with Crippen LogP contribution in [0.3, 0.4) is 0 Å². The first kappa shape index (κ1) is 20.1. The van der Waals surface area contributed by atoms with Crippen molar-refractivity contribution in [1.82, 2.24) is 14.2 Å². The SMILES string of the molecule is Cn1cccc1[C@H](CNS(=O)(=O)c1ccc(C(C)(C)C)cc1)N1CCCC1. The first-order valence-corrected chi connectivity index (χ1v) is 11.1. The van der Waals surface area contributed by atoms with Gasteiger partial charge in [0.25, 0.3) is 0 Å². The molecule has 6 heteroatoms. The van der Waals surface area contributed by atoms with Crippen molar-refractivity contribution in [2.45, 2.75) is 50.0 Å². The third kappa shape index (κ3) is 4.62. The Bertz CT molecular complexity index is 858. The van der Waals surface area contributed by atoms with E-state index in [0.29, 0.717) is 11.4 Å². The highest BCUT2D eigenvalue weighted by atomic mass is 32.2. The van der Waals surface area contributed by atoms with Gasteiger partial charge in [-0.3, -0.25) is 4.90 Å². The van der Waals surface area contributed by atoms with E-state index in [1.54, 1.807) is 12.1 Å². The molecule has 0 radical (unpaired) electrons. The van der Waals surface area contributed by atoms with Crippen molar-refractivity contribution in [2.75, 3.05) is 19.6 Å². The van der Waals surface area contributed by atoms with E-state index in [1.807, 2.05) is 31.4 Å². The molecular formula is C21H31N3O2S. The van der Waals surface area contributed by atoms with E-state index in [2.05, 4.69) is 41.0 Å². The van der Waals surface area contributed by atoms with Gasteiger partial charge in [-0.15, -0.1) is 0 Å². The summed E-state index contributed by atoms with van der Waals surface area (Å²) in [4.78, 5) is 2.70. The van der Waals surface area contributed by atoms with E-state index < -0.39 is 10.0 Å². The summed E-state index contributed by atoms with van der Waals surface area (Å²) in [5, 5.41) is 0.